The van der Waals surface area contributed by atoms with Crippen molar-refractivity contribution >= 4 is 32.6 Å². The number of unbranched alkanes of at least 4 members (excludes halogenated alkanes) is 2. The molecule has 0 aromatic carbocycles. The van der Waals surface area contributed by atoms with E-state index < -0.39 is 16.2 Å². The summed E-state index contributed by atoms with van der Waals surface area (Å²) >= 11 is 1.11. The molecular formula is C9H17N5O2S2. The summed E-state index contributed by atoms with van der Waals surface area (Å²) < 4.78 is 23.1. The predicted octanol–water partition coefficient (Wildman–Crippen LogP) is 0.779. The lowest BCUT2D eigenvalue weighted by atomic mass is 10.2. The second-order valence-corrected chi connectivity index (χ2v) is 6.00. The number of anilines is 1. The van der Waals surface area contributed by atoms with Crippen LogP contribution in [-0.2, 0) is 16.6 Å². The Morgan fingerprint density at radius 3 is 2.72 bits per heavy atom. The molecule has 0 amide bonds. The molecule has 1 aromatic heterocycles. The van der Waals surface area contributed by atoms with Crippen molar-refractivity contribution < 1.29 is 8.42 Å². The molecule has 0 radical (unpaired) electrons. The van der Waals surface area contributed by atoms with Crippen molar-refractivity contribution in [2.24, 2.45) is 10.9 Å². The molecule has 0 fully saturated rings. The van der Waals surface area contributed by atoms with Crippen molar-refractivity contribution in [2.75, 3.05) is 4.31 Å². The zero-order chi connectivity index (χ0) is 13.8. The smallest absolute Gasteiger partial charge is 0.307 e. The largest absolute Gasteiger partial charge is 0.369 e. The Balaban J connectivity index is 2.86. The number of rotatable bonds is 6. The minimum atomic E-state index is -4.10. The Bertz CT molecular complexity index is 511. The average Bonchev–Trinajstić information content (AvgIpc) is 2.64. The van der Waals surface area contributed by atoms with E-state index in [9.17, 15) is 8.42 Å². The summed E-state index contributed by atoms with van der Waals surface area (Å²) in [6, 6.07) is 0. The van der Waals surface area contributed by atoms with Crippen molar-refractivity contribution in [2.45, 2.75) is 32.6 Å². The van der Waals surface area contributed by atoms with Crippen LogP contribution in [0, 0.1) is 5.41 Å². The number of hydrogen-bond acceptors (Lipinski definition) is 5. The number of aryl methyl sites for hydroxylation is 1. The van der Waals surface area contributed by atoms with Crippen LogP contribution in [0.2, 0.25) is 0 Å². The number of guanidine groups is 1. The summed E-state index contributed by atoms with van der Waals surface area (Å²) in [5, 5.41) is 14.1. The maximum absolute atomic E-state index is 11.3. The van der Waals surface area contributed by atoms with Gasteiger partial charge in [0.05, 0.1) is 5.69 Å². The third kappa shape index (κ3) is 3.93. The molecular weight excluding hydrogens is 274 g/mol. The minimum Gasteiger partial charge on any atom is -0.369 e. The maximum atomic E-state index is 11.3. The van der Waals surface area contributed by atoms with Crippen LogP contribution in [0.3, 0.4) is 0 Å². The fourth-order valence-corrected chi connectivity index (χ4v) is 3.16. The predicted molar refractivity (Wildman–Crippen MR) is 72.8 cm³/mol. The van der Waals surface area contributed by atoms with Crippen molar-refractivity contribution in [3.63, 3.8) is 0 Å². The second-order valence-electron chi connectivity index (χ2n) is 3.77. The first-order valence-corrected chi connectivity index (χ1v) is 7.86. The minimum absolute atomic E-state index is 0.108. The highest BCUT2D eigenvalue weighted by Crippen LogP contribution is 2.22. The van der Waals surface area contributed by atoms with Crippen LogP contribution in [0.25, 0.3) is 0 Å². The zero-order valence-electron chi connectivity index (χ0n) is 10.1. The topological polar surface area (TPSA) is 126 Å². The Morgan fingerprint density at radius 2 is 2.22 bits per heavy atom. The van der Waals surface area contributed by atoms with Gasteiger partial charge in [0, 0.05) is 5.38 Å². The van der Waals surface area contributed by atoms with Crippen LogP contribution in [0.15, 0.2) is 5.38 Å². The third-order valence-corrected chi connectivity index (χ3v) is 4.09. The molecule has 5 N–H and O–H groups in total. The Hall–Kier alpha value is -1.19. The molecule has 0 bridgehead atoms. The first kappa shape index (κ1) is 14.9. The average molecular weight is 291 g/mol. The standard InChI is InChI=1S/C9H17N5O2S2/c1-2-3-4-5-7-6-17-9(13-7)14(8(10)11)18(12,15)16/h6H,2-5H2,1H3,(H3,10,11)(H2,12,15,16). The van der Waals surface area contributed by atoms with E-state index in [1.54, 1.807) is 5.38 Å². The number of nitrogens with one attached hydrogen (secondary N) is 1. The van der Waals surface area contributed by atoms with Gasteiger partial charge in [-0.3, -0.25) is 5.41 Å². The molecule has 7 nitrogen and oxygen atoms in total. The highest BCUT2D eigenvalue weighted by atomic mass is 32.2. The maximum Gasteiger partial charge on any atom is 0.307 e. The lowest BCUT2D eigenvalue weighted by molar-refractivity contribution is 0.598. The van der Waals surface area contributed by atoms with Gasteiger partial charge < -0.3 is 5.73 Å². The SMILES string of the molecule is CCCCCc1csc(N(C(=N)N)S(N)(=O)=O)n1. The van der Waals surface area contributed by atoms with E-state index >= 15 is 0 Å². The van der Waals surface area contributed by atoms with Gasteiger partial charge in [-0.15, -0.1) is 11.3 Å². The number of nitrogens with two attached hydrogens (primary N) is 2. The zero-order valence-corrected chi connectivity index (χ0v) is 11.7. The normalized spacial score (nSPS) is 11.4. The van der Waals surface area contributed by atoms with Crippen LogP contribution in [0.1, 0.15) is 31.9 Å². The van der Waals surface area contributed by atoms with Gasteiger partial charge in [-0.1, -0.05) is 19.8 Å². The monoisotopic (exact) mass is 291 g/mol. The molecule has 0 atom stereocenters. The molecule has 1 rings (SSSR count). The molecule has 0 saturated carbocycles. The fourth-order valence-electron chi connectivity index (χ4n) is 1.41. The van der Waals surface area contributed by atoms with E-state index in [4.69, 9.17) is 16.3 Å². The van der Waals surface area contributed by atoms with Crippen LogP contribution in [0.4, 0.5) is 5.13 Å². The molecule has 1 aromatic rings. The van der Waals surface area contributed by atoms with Crippen molar-refractivity contribution in [3.05, 3.63) is 11.1 Å². The number of hydrogen-bond donors (Lipinski definition) is 3. The van der Waals surface area contributed by atoms with Gasteiger partial charge >= 0.3 is 10.2 Å². The van der Waals surface area contributed by atoms with E-state index in [1.165, 1.54) is 0 Å². The molecule has 1 heterocycles. The first-order chi connectivity index (χ1) is 8.36. The molecule has 0 aliphatic rings. The number of aromatic nitrogens is 1. The second kappa shape index (κ2) is 6.12. The number of nitrogens with zero attached hydrogens (tertiary/aromatic N) is 2. The van der Waals surface area contributed by atoms with E-state index in [0.29, 0.717) is 4.31 Å². The summed E-state index contributed by atoms with van der Waals surface area (Å²) in [6.45, 7) is 2.10. The van der Waals surface area contributed by atoms with E-state index in [0.717, 1.165) is 42.7 Å². The lowest BCUT2D eigenvalue weighted by Crippen LogP contribution is -2.45. The lowest BCUT2D eigenvalue weighted by Gasteiger charge is -2.15. The molecule has 0 saturated heterocycles. The quantitative estimate of drug-likeness (QED) is 0.406. The van der Waals surface area contributed by atoms with E-state index in [-0.39, 0.29) is 5.13 Å². The van der Waals surface area contributed by atoms with Gasteiger partial charge in [0.2, 0.25) is 11.1 Å². The summed E-state index contributed by atoms with van der Waals surface area (Å²) in [7, 11) is -4.10. The highest BCUT2D eigenvalue weighted by molar-refractivity contribution is 7.91. The van der Waals surface area contributed by atoms with Gasteiger partial charge in [0.1, 0.15) is 0 Å². The summed E-state index contributed by atoms with van der Waals surface area (Å²) in [5.41, 5.74) is 5.99. The molecule has 0 aliphatic heterocycles. The molecule has 0 spiro atoms. The molecule has 102 valence electrons. The van der Waals surface area contributed by atoms with Crippen molar-refractivity contribution in [3.8, 4) is 0 Å². The summed E-state index contributed by atoms with van der Waals surface area (Å²) in [6.07, 6.45) is 3.97. The Kier molecular flexibility index (Phi) is 5.05. The van der Waals surface area contributed by atoms with E-state index in [1.807, 2.05) is 0 Å². The molecule has 0 aliphatic carbocycles. The molecule has 9 heteroatoms. The number of thiazole rings is 1. The molecule has 0 unspecified atom stereocenters. The van der Waals surface area contributed by atoms with Gasteiger partial charge in [0.25, 0.3) is 0 Å². The van der Waals surface area contributed by atoms with Crippen molar-refractivity contribution in [1.29, 1.82) is 5.41 Å². The van der Waals surface area contributed by atoms with Gasteiger partial charge in [-0.05, 0) is 12.8 Å². The fraction of sp³-hybridized carbons (Fsp3) is 0.556. The van der Waals surface area contributed by atoms with Crippen LogP contribution in [-0.4, -0.2) is 19.4 Å². The van der Waals surface area contributed by atoms with Gasteiger partial charge in [0.15, 0.2) is 0 Å². The van der Waals surface area contributed by atoms with Crippen LogP contribution >= 0.6 is 11.3 Å². The Morgan fingerprint density at radius 1 is 1.56 bits per heavy atom. The highest BCUT2D eigenvalue weighted by Gasteiger charge is 2.24. The Labute approximate surface area is 111 Å². The first-order valence-electron chi connectivity index (χ1n) is 5.47. The van der Waals surface area contributed by atoms with Crippen LogP contribution in [0.5, 0.6) is 0 Å². The third-order valence-electron chi connectivity index (χ3n) is 2.22. The molecule has 18 heavy (non-hydrogen) atoms. The summed E-state index contributed by atoms with van der Waals surface area (Å²) in [4.78, 5) is 4.13. The summed E-state index contributed by atoms with van der Waals surface area (Å²) in [5.74, 6) is -0.660. The van der Waals surface area contributed by atoms with E-state index in [2.05, 4.69) is 11.9 Å². The van der Waals surface area contributed by atoms with Crippen LogP contribution < -0.4 is 15.2 Å². The van der Waals surface area contributed by atoms with Crippen molar-refractivity contribution in [1.82, 2.24) is 4.98 Å². The van der Waals surface area contributed by atoms with Gasteiger partial charge in [-0.25, -0.2) is 10.1 Å². The van der Waals surface area contributed by atoms with Gasteiger partial charge in [-0.2, -0.15) is 12.7 Å².